The van der Waals surface area contributed by atoms with E-state index >= 15 is 0 Å². The highest BCUT2D eigenvalue weighted by molar-refractivity contribution is 9.10. The van der Waals surface area contributed by atoms with Crippen LogP contribution in [0.5, 0.6) is 0 Å². The van der Waals surface area contributed by atoms with E-state index in [4.69, 9.17) is 5.11 Å². The number of halogens is 1. The molecule has 112 valence electrons. The standard InChI is InChI=1S/C12H11BrN2O4S2/c1-7(11-14-10(6-20-11)12(16)17)15-21(18,19)9-4-2-3-8(13)5-9/h2-7,15H,1H3,(H,16,17). The summed E-state index contributed by atoms with van der Waals surface area (Å²) in [4.78, 5) is 14.8. The molecule has 0 aliphatic rings. The summed E-state index contributed by atoms with van der Waals surface area (Å²) in [6.45, 7) is 1.61. The maximum atomic E-state index is 12.2. The first kappa shape index (κ1) is 16.1. The van der Waals surface area contributed by atoms with Gasteiger partial charge >= 0.3 is 5.97 Å². The second kappa shape index (κ2) is 6.22. The van der Waals surface area contributed by atoms with E-state index in [1.54, 1.807) is 19.1 Å². The summed E-state index contributed by atoms with van der Waals surface area (Å²) in [5.41, 5.74) is -0.0940. The zero-order valence-electron chi connectivity index (χ0n) is 10.8. The van der Waals surface area contributed by atoms with Crippen LogP contribution in [0, 0.1) is 0 Å². The lowest BCUT2D eigenvalue weighted by Gasteiger charge is -2.12. The van der Waals surface area contributed by atoms with E-state index in [1.807, 2.05) is 0 Å². The molecule has 0 saturated carbocycles. The number of nitrogens with zero attached hydrogens (tertiary/aromatic N) is 1. The van der Waals surface area contributed by atoms with Crippen LogP contribution >= 0.6 is 27.3 Å². The molecule has 2 N–H and O–H groups in total. The van der Waals surface area contributed by atoms with Crippen molar-refractivity contribution < 1.29 is 18.3 Å². The molecule has 9 heteroatoms. The van der Waals surface area contributed by atoms with Gasteiger partial charge in [0.1, 0.15) is 5.01 Å². The molecule has 1 unspecified atom stereocenters. The van der Waals surface area contributed by atoms with Crippen LogP contribution in [0.25, 0.3) is 0 Å². The summed E-state index contributed by atoms with van der Waals surface area (Å²) in [7, 11) is -3.70. The number of carboxylic acids is 1. The molecule has 2 rings (SSSR count). The maximum Gasteiger partial charge on any atom is 0.355 e. The van der Waals surface area contributed by atoms with Crippen LogP contribution in [-0.4, -0.2) is 24.5 Å². The summed E-state index contributed by atoms with van der Waals surface area (Å²) in [6, 6.07) is 5.69. The maximum absolute atomic E-state index is 12.2. The number of hydrogen-bond acceptors (Lipinski definition) is 5. The Labute approximate surface area is 134 Å². The van der Waals surface area contributed by atoms with Crippen LogP contribution in [0.4, 0.5) is 0 Å². The van der Waals surface area contributed by atoms with E-state index in [0.29, 0.717) is 9.48 Å². The molecule has 0 bridgehead atoms. The molecule has 1 aromatic carbocycles. The van der Waals surface area contributed by atoms with Crippen molar-refractivity contribution >= 4 is 43.3 Å². The fraction of sp³-hybridized carbons (Fsp3) is 0.167. The number of aromatic nitrogens is 1. The molecule has 1 atom stereocenters. The quantitative estimate of drug-likeness (QED) is 0.817. The molecular formula is C12H11BrN2O4S2. The third-order valence-corrected chi connectivity index (χ3v) is 5.61. The van der Waals surface area contributed by atoms with Crippen LogP contribution in [-0.2, 0) is 10.0 Å². The number of nitrogens with one attached hydrogen (secondary N) is 1. The van der Waals surface area contributed by atoms with Gasteiger partial charge < -0.3 is 5.11 Å². The Bertz CT molecular complexity index is 773. The van der Waals surface area contributed by atoms with Crippen molar-refractivity contribution in [2.75, 3.05) is 0 Å². The normalized spacial score (nSPS) is 13.0. The zero-order chi connectivity index (χ0) is 15.6. The molecule has 0 spiro atoms. The van der Waals surface area contributed by atoms with E-state index in [9.17, 15) is 13.2 Å². The van der Waals surface area contributed by atoms with E-state index in [-0.39, 0.29) is 10.6 Å². The number of carbonyl (C=O) groups is 1. The van der Waals surface area contributed by atoms with E-state index < -0.39 is 22.0 Å². The number of rotatable bonds is 5. The predicted molar refractivity (Wildman–Crippen MR) is 82.0 cm³/mol. The highest BCUT2D eigenvalue weighted by Crippen LogP contribution is 2.22. The van der Waals surface area contributed by atoms with Gasteiger partial charge in [-0.3, -0.25) is 0 Å². The lowest BCUT2D eigenvalue weighted by Crippen LogP contribution is -2.26. The molecule has 6 nitrogen and oxygen atoms in total. The second-order valence-corrected chi connectivity index (χ2v) is 7.70. The SMILES string of the molecule is CC(NS(=O)(=O)c1cccc(Br)c1)c1nc(C(=O)O)cs1. The van der Waals surface area contributed by atoms with Crippen molar-refractivity contribution in [3.05, 3.63) is 44.8 Å². The first-order valence-electron chi connectivity index (χ1n) is 5.76. The van der Waals surface area contributed by atoms with Crippen molar-refractivity contribution in [1.82, 2.24) is 9.71 Å². The molecule has 1 aromatic heterocycles. The fourth-order valence-corrected chi connectivity index (χ4v) is 4.25. The van der Waals surface area contributed by atoms with Gasteiger partial charge in [0.2, 0.25) is 10.0 Å². The summed E-state index contributed by atoms with van der Waals surface area (Å²) in [5.74, 6) is -1.14. The van der Waals surface area contributed by atoms with E-state index in [1.165, 1.54) is 17.5 Å². The van der Waals surface area contributed by atoms with Gasteiger partial charge in [-0.15, -0.1) is 11.3 Å². The van der Waals surface area contributed by atoms with Gasteiger partial charge in [0.25, 0.3) is 0 Å². The molecule has 1 heterocycles. The average molecular weight is 391 g/mol. The third kappa shape index (κ3) is 3.88. The minimum Gasteiger partial charge on any atom is -0.476 e. The Morgan fingerprint density at radius 1 is 1.48 bits per heavy atom. The van der Waals surface area contributed by atoms with Crippen LogP contribution in [0.3, 0.4) is 0 Å². The largest absolute Gasteiger partial charge is 0.476 e. The monoisotopic (exact) mass is 390 g/mol. The summed E-state index contributed by atoms with van der Waals surface area (Å²) in [5, 5.41) is 10.6. The Morgan fingerprint density at radius 3 is 2.76 bits per heavy atom. The molecule has 2 aromatic rings. The van der Waals surface area contributed by atoms with Crippen LogP contribution in [0.1, 0.15) is 28.5 Å². The van der Waals surface area contributed by atoms with E-state index in [0.717, 1.165) is 11.3 Å². The molecule has 0 radical (unpaired) electrons. The summed E-state index contributed by atoms with van der Waals surface area (Å²) < 4.78 is 27.6. The number of hydrogen-bond donors (Lipinski definition) is 2. The van der Waals surface area contributed by atoms with Crippen molar-refractivity contribution in [2.45, 2.75) is 17.9 Å². The molecule has 0 fully saturated rings. The van der Waals surface area contributed by atoms with Crippen LogP contribution in [0.15, 0.2) is 39.0 Å². The Kier molecular flexibility index (Phi) is 4.77. The molecule has 0 aliphatic heterocycles. The second-order valence-electron chi connectivity index (χ2n) is 4.18. The van der Waals surface area contributed by atoms with Crippen molar-refractivity contribution in [3.8, 4) is 0 Å². The van der Waals surface area contributed by atoms with Crippen molar-refractivity contribution in [3.63, 3.8) is 0 Å². The van der Waals surface area contributed by atoms with Crippen LogP contribution < -0.4 is 4.72 Å². The first-order chi connectivity index (χ1) is 9.79. The lowest BCUT2D eigenvalue weighted by atomic mass is 10.4. The third-order valence-electron chi connectivity index (χ3n) is 2.55. The fourth-order valence-electron chi connectivity index (χ4n) is 1.57. The summed E-state index contributed by atoms with van der Waals surface area (Å²) in [6.07, 6.45) is 0. The van der Waals surface area contributed by atoms with Gasteiger partial charge in [-0.1, -0.05) is 22.0 Å². The van der Waals surface area contributed by atoms with Gasteiger partial charge in [-0.2, -0.15) is 0 Å². The minimum atomic E-state index is -3.70. The van der Waals surface area contributed by atoms with E-state index in [2.05, 4.69) is 25.6 Å². The van der Waals surface area contributed by atoms with Crippen molar-refractivity contribution in [1.29, 1.82) is 0 Å². The molecule has 0 aliphatic carbocycles. The smallest absolute Gasteiger partial charge is 0.355 e. The Hall–Kier alpha value is -1.29. The highest BCUT2D eigenvalue weighted by atomic mass is 79.9. The number of carboxylic acid groups (broad SMARTS) is 1. The van der Waals surface area contributed by atoms with Gasteiger partial charge in [0.15, 0.2) is 5.69 Å². The van der Waals surface area contributed by atoms with Gasteiger partial charge in [0.05, 0.1) is 10.9 Å². The number of aromatic carboxylic acids is 1. The Morgan fingerprint density at radius 2 is 2.19 bits per heavy atom. The molecule has 0 saturated heterocycles. The lowest BCUT2D eigenvalue weighted by molar-refractivity contribution is 0.0691. The van der Waals surface area contributed by atoms with Gasteiger partial charge in [0, 0.05) is 9.85 Å². The number of benzene rings is 1. The van der Waals surface area contributed by atoms with Gasteiger partial charge in [-0.25, -0.2) is 22.9 Å². The zero-order valence-corrected chi connectivity index (χ0v) is 14.0. The molecular weight excluding hydrogens is 380 g/mol. The average Bonchev–Trinajstić information content (AvgIpc) is 2.88. The van der Waals surface area contributed by atoms with Crippen molar-refractivity contribution in [2.24, 2.45) is 0 Å². The summed E-state index contributed by atoms with van der Waals surface area (Å²) >= 11 is 4.31. The molecule has 21 heavy (non-hydrogen) atoms. The highest BCUT2D eigenvalue weighted by Gasteiger charge is 2.21. The van der Waals surface area contributed by atoms with Crippen LogP contribution in [0.2, 0.25) is 0 Å². The first-order valence-corrected chi connectivity index (χ1v) is 8.92. The topological polar surface area (TPSA) is 96.4 Å². The Balaban J connectivity index is 2.21. The minimum absolute atomic E-state index is 0.0940. The predicted octanol–water partition coefficient (Wildman–Crippen LogP) is 2.64. The number of sulfonamides is 1. The number of thiazole rings is 1. The molecule has 0 amide bonds. The van der Waals surface area contributed by atoms with Gasteiger partial charge in [-0.05, 0) is 25.1 Å².